The number of aliphatic hydroxyl groups excluding tert-OH is 1. The maximum atomic E-state index is 9.22. The van der Waals surface area contributed by atoms with Crippen LogP contribution in [0, 0.1) is 0 Å². The number of hydrogen-bond donors (Lipinski definition) is 2. The van der Waals surface area contributed by atoms with E-state index in [9.17, 15) is 5.11 Å². The lowest BCUT2D eigenvalue weighted by atomic mass is 10.3. The molecule has 0 aliphatic carbocycles. The highest BCUT2D eigenvalue weighted by atomic mass is 16.3. The summed E-state index contributed by atoms with van der Waals surface area (Å²) in [6.07, 6.45) is 1.60. The summed E-state index contributed by atoms with van der Waals surface area (Å²) in [5.41, 5.74) is 5.69. The fraction of sp³-hybridized carbons (Fsp3) is 0.875. The molecular weight excluding hydrogens is 154 g/mol. The largest absolute Gasteiger partial charge is 0.391 e. The number of aliphatic imine (C=N–C) groups is 1. The summed E-state index contributed by atoms with van der Waals surface area (Å²) in [7, 11) is 0. The van der Waals surface area contributed by atoms with E-state index in [2.05, 4.69) is 11.9 Å². The van der Waals surface area contributed by atoms with E-state index in [0.29, 0.717) is 12.5 Å². The van der Waals surface area contributed by atoms with E-state index in [4.69, 9.17) is 5.73 Å². The Kier molecular flexibility index (Phi) is 3.34. The van der Waals surface area contributed by atoms with Crippen LogP contribution in [0.1, 0.15) is 19.8 Å². The van der Waals surface area contributed by atoms with Crippen LogP contribution < -0.4 is 5.73 Å². The molecule has 0 radical (unpaired) electrons. The number of hydrogen-bond acceptors (Lipinski definition) is 2. The third kappa shape index (κ3) is 2.37. The molecule has 4 heteroatoms. The Bertz CT molecular complexity index is 170. The molecule has 1 aliphatic heterocycles. The first-order chi connectivity index (χ1) is 5.74. The van der Waals surface area contributed by atoms with Gasteiger partial charge in [0.15, 0.2) is 5.96 Å². The van der Waals surface area contributed by atoms with E-state index in [-0.39, 0.29) is 6.10 Å². The standard InChI is InChI=1S/C8H17N3O/c1-2-4-10-8(9)11-5-3-7(12)6-11/h7,12H,2-6H2,1H3,(H2,9,10)/t7-/m1/s1. The molecule has 3 N–H and O–H groups in total. The molecule has 1 saturated heterocycles. The molecule has 1 heterocycles. The van der Waals surface area contributed by atoms with Crippen LogP contribution in [0.2, 0.25) is 0 Å². The van der Waals surface area contributed by atoms with Crippen molar-refractivity contribution >= 4 is 5.96 Å². The van der Waals surface area contributed by atoms with Gasteiger partial charge in [-0.25, -0.2) is 0 Å². The highest BCUT2D eigenvalue weighted by Crippen LogP contribution is 2.07. The molecule has 70 valence electrons. The van der Waals surface area contributed by atoms with Crippen molar-refractivity contribution in [2.45, 2.75) is 25.9 Å². The summed E-state index contributed by atoms with van der Waals surface area (Å²) >= 11 is 0. The van der Waals surface area contributed by atoms with Crippen LogP contribution in [0.3, 0.4) is 0 Å². The van der Waals surface area contributed by atoms with E-state index in [0.717, 1.165) is 25.9 Å². The van der Waals surface area contributed by atoms with Crippen LogP contribution in [0.25, 0.3) is 0 Å². The molecule has 1 fully saturated rings. The maximum absolute atomic E-state index is 9.22. The molecule has 1 rings (SSSR count). The minimum Gasteiger partial charge on any atom is -0.391 e. The molecule has 1 atom stereocenters. The van der Waals surface area contributed by atoms with Crippen LogP contribution in [0.15, 0.2) is 4.99 Å². The maximum Gasteiger partial charge on any atom is 0.191 e. The van der Waals surface area contributed by atoms with E-state index >= 15 is 0 Å². The molecule has 0 aromatic carbocycles. The second-order valence-electron chi connectivity index (χ2n) is 3.13. The van der Waals surface area contributed by atoms with Crippen molar-refractivity contribution in [3.63, 3.8) is 0 Å². The Balaban J connectivity index is 2.37. The number of rotatable bonds is 2. The summed E-state index contributed by atoms with van der Waals surface area (Å²) in [4.78, 5) is 6.10. The Hall–Kier alpha value is -0.770. The third-order valence-corrected chi connectivity index (χ3v) is 1.98. The summed E-state index contributed by atoms with van der Waals surface area (Å²) in [5.74, 6) is 0.577. The first-order valence-corrected chi connectivity index (χ1v) is 4.47. The molecule has 1 aliphatic rings. The predicted molar refractivity (Wildman–Crippen MR) is 49.0 cm³/mol. The SMILES string of the molecule is CCCN=C(N)N1CC[C@@H](O)C1. The van der Waals surface area contributed by atoms with Gasteiger partial charge >= 0.3 is 0 Å². The highest BCUT2D eigenvalue weighted by molar-refractivity contribution is 5.78. The Morgan fingerprint density at radius 1 is 1.75 bits per heavy atom. The Morgan fingerprint density at radius 2 is 2.50 bits per heavy atom. The molecule has 0 amide bonds. The van der Waals surface area contributed by atoms with Gasteiger partial charge in [0.1, 0.15) is 0 Å². The molecule has 0 bridgehead atoms. The van der Waals surface area contributed by atoms with Crippen LogP contribution in [-0.4, -0.2) is 41.7 Å². The Labute approximate surface area is 73.1 Å². The zero-order valence-corrected chi connectivity index (χ0v) is 7.53. The molecule has 0 aromatic rings. The molecule has 0 unspecified atom stereocenters. The number of likely N-dealkylation sites (tertiary alicyclic amines) is 1. The second kappa shape index (κ2) is 4.30. The van der Waals surface area contributed by atoms with Gasteiger partial charge in [0.2, 0.25) is 0 Å². The normalized spacial score (nSPS) is 25.0. The Morgan fingerprint density at radius 3 is 3.00 bits per heavy atom. The third-order valence-electron chi connectivity index (χ3n) is 1.98. The zero-order chi connectivity index (χ0) is 8.97. The molecule has 4 nitrogen and oxygen atoms in total. The topological polar surface area (TPSA) is 61.8 Å². The van der Waals surface area contributed by atoms with E-state index in [1.165, 1.54) is 0 Å². The van der Waals surface area contributed by atoms with E-state index in [1.807, 2.05) is 4.90 Å². The van der Waals surface area contributed by atoms with Gasteiger partial charge in [-0.15, -0.1) is 0 Å². The number of nitrogens with two attached hydrogens (primary N) is 1. The van der Waals surface area contributed by atoms with Gasteiger partial charge in [-0.1, -0.05) is 6.92 Å². The monoisotopic (exact) mass is 171 g/mol. The fourth-order valence-corrected chi connectivity index (χ4v) is 1.28. The van der Waals surface area contributed by atoms with Gasteiger partial charge in [0.25, 0.3) is 0 Å². The number of nitrogens with zero attached hydrogens (tertiary/aromatic N) is 2. The molecule has 12 heavy (non-hydrogen) atoms. The van der Waals surface area contributed by atoms with Crippen molar-refractivity contribution in [2.24, 2.45) is 10.7 Å². The summed E-state index contributed by atoms with van der Waals surface area (Å²) in [6, 6.07) is 0. The molecule has 0 saturated carbocycles. The van der Waals surface area contributed by atoms with Crippen LogP contribution in [0.5, 0.6) is 0 Å². The van der Waals surface area contributed by atoms with Gasteiger partial charge in [-0.3, -0.25) is 4.99 Å². The average molecular weight is 171 g/mol. The van der Waals surface area contributed by atoms with Gasteiger partial charge in [0.05, 0.1) is 6.10 Å². The fourth-order valence-electron chi connectivity index (χ4n) is 1.28. The van der Waals surface area contributed by atoms with Crippen LogP contribution in [-0.2, 0) is 0 Å². The number of aliphatic hydroxyl groups is 1. The smallest absolute Gasteiger partial charge is 0.191 e. The van der Waals surface area contributed by atoms with Crippen molar-refractivity contribution in [2.75, 3.05) is 19.6 Å². The summed E-state index contributed by atoms with van der Waals surface area (Å²) in [6.45, 7) is 4.31. The van der Waals surface area contributed by atoms with Crippen molar-refractivity contribution in [3.8, 4) is 0 Å². The van der Waals surface area contributed by atoms with Crippen molar-refractivity contribution in [1.82, 2.24) is 4.90 Å². The number of guanidine groups is 1. The van der Waals surface area contributed by atoms with Gasteiger partial charge in [-0.05, 0) is 12.8 Å². The summed E-state index contributed by atoms with van der Waals surface area (Å²) in [5, 5.41) is 9.22. The first-order valence-electron chi connectivity index (χ1n) is 4.47. The van der Waals surface area contributed by atoms with Crippen molar-refractivity contribution in [1.29, 1.82) is 0 Å². The van der Waals surface area contributed by atoms with E-state index in [1.54, 1.807) is 0 Å². The number of β-amino-alcohol motifs (C(OH)–C–C–N with tert-alkyl or cyclic N) is 1. The first kappa shape index (κ1) is 9.32. The van der Waals surface area contributed by atoms with Crippen molar-refractivity contribution < 1.29 is 5.11 Å². The quantitative estimate of drug-likeness (QED) is 0.446. The minimum absolute atomic E-state index is 0.222. The van der Waals surface area contributed by atoms with Gasteiger partial charge < -0.3 is 15.7 Å². The zero-order valence-electron chi connectivity index (χ0n) is 7.53. The summed E-state index contributed by atoms with van der Waals surface area (Å²) < 4.78 is 0. The van der Waals surface area contributed by atoms with E-state index < -0.39 is 0 Å². The van der Waals surface area contributed by atoms with Crippen LogP contribution in [0.4, 0.5) is 0 Å². The lowest BCUT2D eigenvalue weighted by Gasteiger charge is -2.15. The highest BCUT2D eigenvalue weighted by Gasteiger charge is 2.20. The predicted octanol–water partition coefficient (Wildman–Crippen LogP) is -0.222. The van der Waals surface area contributed by atoms with Crippen molar-refractivity contribution in [3.05, 3.63) is 0 Å². The molecule has 0 aromatic heterocycles. The second-order valence-corrected chi connectivity index (χ2v) is 3.13. The minimum atomic E-state index is -0.222. The van der Waals surface area contributed by atoms with Crippen LogP contribution >= 0.6 is 0 Å². The van der Waals surface area contributed by atoms with Gasteiger partial charge in [0, 0.05) is 19.6 Å². The lowest BCUT2D eigenvalue weighted by Crippen LogP contribution is -2.36. The average Bonchev–Trinajstić information content (AvgIpc) is 2.47. The van der Waals surface area contributed by atoms with Gasteiger partial charge in [-0.2, -0.15) is 0 Å². The molecular formula is C8H17N3O. The molecule has 0 spiro atoms. The lowest BCUT2D eigenvalue weighted by molar-refractivity contribution is 0.188.